The third-order valence-electron chi connectivity index (χ3n) is 3.87. The molecule has 0 unspecified atom stereocenters. The maximum Gasteiger partial charge on any atom is 0.157 e. The van der Waals surface area contributed by atoms with Gasteiger partial charge in [-0.1, -0.05) is 24.3 Å². The van der Waals surface area contributed by atoms with Crippen LogP contribution < -0.4 is 5.32 Å². The fourth-order valence-corrected chi connectivity index (χ4v) is 2.51. The van der Waals surface area contributed by atoms with Gasteiger partial charge in [-0.05, 0) is 26.2 Å². The van der Waals surface area contributed by atoms with Crippen LogP contribution in [0, 0.1) is 6.92 Å². The van der Waals surface area contributed by atoms with Gasteiger partial charge >= 0.3 is 0 Å². The third-order valence-corrected chi connectivity index (χ3v) is 3.87. The molecule has 0 amide bonds. The Labute approximate surface area is 106 Å². The molecule has 0 radical (unpaired) electrons. The molecule has 4 nitrogen and oxygen atoms in total. The van der Waals surface area contributed by atoms with Crippen LogP contribution in [0.15, 0.2) is 24.3 Å². The lowest BCUT2D eigenvalue weighted by Gasteiger charge is -2.41. The third kappa shape index (κ3) is 1.73. The Morgan fingerprint density at radius 3 is 2.56 bits per heavy atom. The molecule has 0 atom stereocenters. The molecular formula is C14H17N3O. The molecule has 1 aliphatic carbocycles. The second kappa shape index (κ2) is 4.21. The number of hydrogen-bond acceptors (Lipinski definition) is 4. The molecule has 2 aromatic rings. The van der Waals surface area contributed by atoms with Crippen LogP contribution in [-0.4, -0.2) is 27.4 Å². The summed E-state index contributed by atoms with van der Waals surface area (Å²) in [4.78, 5) is 0. The molecule has 18 heavy (non-hydrogen) atoms. The van der Waals surface area contributed by atoms with E-state index < -0.39 is 0 Å². The van der Waals surface area contributed by atoms with E-state index in [0.717, 1.165) is 41.5 Å². The number of aliphatic hydroxyl groups is 1. The van der Waals surface area contributed by atoms with Gasteiger partial charge in [-0.2, -0.15) is 5.10 Å². The van der Waals surface area contributed by atoms with Gasteiger partial charge in [-0.3, -0.25) is 0 Å². The highest BCUT2D eigenvalue weighted by Gasteiger charge is 2.36. The molecule has 1 aromatic heterocycles. The molecule has 0 saturated heterocycles. The monoisotopic (exact) mass is 243 g/mol. The quantitative estimate of drug-likeness (QED) is 0.868. The Kier molecular flexibility index (Phi) is 2.67. The maximum absolute atomic E-state index is 9.51. The summed E-state index contributed by atoms with van der Waals surface area (Å²) in [7, 11) is 0. The zero-order valence-electron chi connectivity index (χ0n) is 10.5. The Bertz CT molecular complexity index is 573. The summed E-state index contributed by atoms with van der Waals surface area (Å²) >= 11 is 0. The van der Waals surface area contributed by atoms with Crippen molar-refractivity contribution < 1.29 is 5.11 Å². The number of aryl methyl sites for hydroxylation is 1. The van der Waals surface area contributed by atoms with Crippen LogP contribution in [0.25, 0.3) is 10.8 Å². The minimum absolute atomic E-state index is 0.150. The average Bonchev–Trinajstić information content (AvgIpc) is 2.37. The largest absolute Gasteiger partial charge is 0.394 e. The molecule has 3 rings (SSSR count). The van der Waals surface area contributed by atoms with Gasteiger partial charge in [0.2, 0.25) is 0 Å². The summed E-state index contributed by atoms with van der Waals surface area (Å²) < 4.78 is 0. The average molecular weight is 243 g/mol. The van der Waals surface area contributed by atoms with Crippen molar-refractivity contribution in [1.82, 2.24) is 10.2 Å². The number of rotatable bonds is 3. The summed E-state index contributed by atoms with van der Waals surface area (Å²) in [5, 5.41) is 23.5. The Morgan fingerprint density at radius 2 is 1.94 bits per heavy atom. The van der Waals surface area contributed by atoms with Crippen molar-refractivity contribution in [3.05, 3.63) is 30.0 Å². The second-order valence-electron chi connectivity index (χ2n) is 5.10. The fourth-order valence-electron chi connectivity index (χ4n) is 2.51. The normalized spacial score (nSPS) is 17.4. The van der Waals surface area contributed by atoms with Crippen molar-refractivity contribution in [1.29, 1.82) is 0 Å². The summed E-state index contributed by atoms with van der Waals surface area (Å²) in [6.45, 7) is 2.11. The van der Waals surface area contributed by atoms with Crippen LogP contribution in [-0.2, 0) is 0 Å². The fraction of sp³-hybridized carbons (Fsp3) is 0.429. The van der Waals surface area contributed by atoms with E-state index in [2.05, 4.69) is 21.6 Å². The molecule has 4 heteroatoms. The van der Waals surface area contributed by atoms with E-state index in [1.165, 1.54) is 0 Å². The predicted octanol–water partition coefficient (Wildman–Crippen LogP) is 2.27. The number of benzene rings is 1. The number of aliphatic hydroxyl groups excluding tert-OH is 1. The lowest BCUT2D eigenvalue weighted by molar-refractivity contribution is 0.144. The van der Waals surface area contributed by atoms with Gasteiger partial charge in [0.1, 0.15) is 0 Å². The highest BCUT2D eigenvalue weighted by atomic mass is 16.3. The van der Waals surface area contributed by atoms with E-state index in [4.69, 9.17) is 0 Å². The summed E-state index contributed by atoms with van der Waals surface area (Å²) in [5.74, 6) is 0.782. The summed E-state index contributed by atoms with van der Waals surface area (Å²) in [5.41, 5.74) is 0.745. The first-order valence-electron chi connectivity index (χ1n) is 6.35. The van der Waals surface area contributed by atoms with E-state index in [0.29, 0.717) is 0 Å². The molecule has 94 valence electrons. The second-order valence-corrected chi connectivity index (χ2v) is 5.10. The van der Waals surface area contributed by atoms with Crippen LogP contribution in [0.1, 0.15) is 25.0 Å². The molecule has 1 fully saturated rings. The van der Waals surface area contributed by atoms with E-state index in [1.54, 1.807) is 0 Å². The lowest BCUT2D eigenvalue weighted by atomic mass is 9.77. The van der Waals surface area contributed by atoms with Gasteiger partial charge in [0.05, 0.1) is 17.8 Å². The van der Waals surface area contributed by atoms with Crippen molar-refractivity contribution in [2.75, 3.05) is 11.9 Å². The number of aromatic nitrogens is 2. The molecule has 1 heterocycles. The first-order chi connectivity index (χ1) is 8.74. The van der Waals surface area contributed by atoms with Gasteiger partial charge in [-0.15, -0.1) is 5.10 Å². The van der Waals surface area contributed by atoms with Crippen molar-refractivity contribution in [2.24, 2.45) is 0 Å². The zero-order chi connectivity index (χ0) is 12.6. The predicted molar refractivity (Wildman–Crippen MR) is 71.6 cm³/mol. The van der Waals surface area contributed by atoms with Crippen molar-refractivity contribution in [3.63, 3.8) is 0 Å². The summed E-state index contributed by atoms with van der Waals surface area (Å²) in [6.07, 6.45) is 3.14. The standard InChI is InChI=1S/C14H17N3O/c1-10-11-5-2-3-6-12(11)13(17-16-10)15-14(9-18)7-4-8-14/h2-3,5-6,18H,4,7-9H2,1H3,(H,15,17). The molecule has 0 aliphatic heterocycles. The van der Waals surface area contributed by atoms with E-state index in [-0.39, 0.29) is 12.1 Å². The van der Waals surface area contributed by atoms with E-state index in [1.807, 2.05) is 25.1 Å². The van der Waals surface area contributed by atoms with E-state index in [9.17, 15) is 5.11 Å². The molecular weight excluding hydrogens is 226 g/mol. The van der Waals surface area contributed by atoms with Crippen LogP contribution >= 0.6 is 0 Å². The summed E-state index contributed by atoms with van der Waals surface area (Å²) in [6, 6.07) is 8.10. The van der Waals surface area contributed by atoms with Gasteiger partial charge in [0.15, 0.2) is 5.82 Å². The lowest BCUT2D eigenvalue weighted by Crippen LogP contribution is -2.48. The van der Waals surface area contributed by atoms with Crippen LogP contribution in [0.4, 0.5) is 5.82 Å². The van der Waals surface area contributed by atoms with E-state index >= 15 is 0 Å². The maximum atomic E-state index is 9.51. The van der Waals surface area contributed by atoms with Gasteiger partial charge in [-0.25, -0.2) is 0 Å². The minimum Gasteiger partial charge on any atom is -0.394 e. The number of anilines is 1. The molecule has 1 aromatic carbocycles. The van der Waals surface area contributed by atoms with Gasteiger partial charge in [0.25, 0.3) is 0 Å². The Balaban J connectivity index is 2.04. The van der Waals surface area contributed by atoms with Crippen LogP contribution in [0.2, 0.25) is 0 Å². The van der Waals surface area contributed by atoms with Crippen molar-refractivity contribution in [3.8, 4) is 0 Å². The first-order valence-corrected chi connectivity index (χ1v) is 6.35. The molecule has 2 N–H and O–H groups in total. The topological polar surface area (TPSA) is 58.0 Å². The molecule has 1 aliphatic rings. The number of hydrogen-bond donors (Lipinski definition) is 2. The van der Waals surface area contributed by atoms with Gasteiger partial charge < -0.3 is 10.4 Å². The Morgan fingerprint density at radius 1 is 1.22 bits per heavy atom. The van der Waals surface area contributed by atoms with Crippen molar-refractivity contribution >= 4 is 16.6 Å². The minimum atomic E-state index is -0.188. The van der Waals surface area contributed by atoms with Crippen LogP contribution in [0.5, 0.6) is 0 Å². The highest BCUT2D eigenvalue weighted by molar-refractivity contribution is 5.93. The molecule has 0 bridgehead atoms. The van der Waals surface area contributed by atoms with Crippen LogP contribution in [0.3, 0.4) is 0 Å². The van der Waals surface area contributed by atoms with Crippen molar-refractivity contribution in [2.45, 2.75) is 31.7 Å². The molecule has 0 spiro atoms. The first kappa shape index (κ1) is 11.4. The van der Waals surface area contributed by atoms with Gasteiger partial charge in [0, 0.05) is 10.8 Å². The number of nitrogens with zero attached hydrogens (tertiary/aromatic N) is 2. The number of nitrogens with one attached hydrogen (secondary N) is 1. The zero-order valence-corrected chi connectivity index (χ0v) is 10.5. The SMILES string of the molecule is Cc1nnc(NC2(CO)CCC2)c2ccccc12. The highest BCUT2D eigenvalue weighted by Crippen LogP contribution is 2.36. The number of fused-ring (bicyclic) bond motifs is 1. The molecule has 1 saturated carbocycles. The smallest absolute Gasteiger partial charge is 0.157 e. The Hall–Kier alpha value is -1.68.